The predicted molar refractivity (Wildman–Crippen MR) is 116 cm³/mol. The van der Waals surface area contributed by atoms with E-state index in [1.54, 1.807) is 6.07 Å². The smallest absolute Gasteiger partial charge is 0.255 e. The van der Waals surface area contributed by atoms with Crippen molar-refractivity contribution in [3.05, 3.63) is 58.6 Å². The zero-order valence-electron chi connectivity index (χ0n) is 16.9. The number of nitrogens with zero attached hydrogens (tertiary/aromatic N) is 2. The molecule has 3 rings (SSSR count). The molecule has 0 atom stereocenters. The van der Waals surface area contributed by atoms with Gasteiger partial charge in [0.1, 0.15) is 0 Å². The summed E-state index contributed by atoms with van der Waals surface area (Å²) < 4.78 is 50.7. The van der Waals surface area contributed by atoms with E-state index in [9.17, 15) is 26.4 Å². The average molecular weight is 485 g/mol. The van der Waals surface area contributed by atoms with E-state index in [1.165, 1.54) is 52.5 Å². The van der Waals surface area contributed by atoms with Crippen molar-refractivity contribution in [2.75, 3.05) is 32.4 Å². The quantitative estimate of drug-likeness (QED) is 0.601. The first-order valence-electron chi connectivity index (χ1n) is 9.31. The van der Waals surface area contributed by atoms with Crippen LogP contribution in [0.4, 0.5) is 0 Å². The van der Waals surface area contributed by atoms with E-state index in [1.807, 2.05) is 0 Å². The van der Waals surface area contributed by atoms with E-state index in [0.29, 0.717) is 5.56 Å². The summed E-state index contributed by atoms with van der Waals surface area (Å²) in [7, 11) is -7.34. The van der Waals surface area contributed by atoms with Crippen molar-refractivity contribution in [2.24, 2.45) is 0 Å². The molecule has 0 spiro atoms. The molecular formula is C20H21ClN2O6S2. The molecule has 0 unspecified atom stereocenters. The Kier molecular flexibility index (Phi) is 6.56. The van der Waals surface area contributed by atoms with Gasteiger partial charge in [0.25, 0.3) is 5.91 Å². The summed E-state index contributed by atoms with van der Waals surface area (Å²) in [5.74, 6) is -0.702. The first kappa shape index (κ1) is 23.4. The molecule has 1 fully saturated rings. The minimum Gasteiger partial charge on any atom is -0.336 e. The highest BCUT2D eigenvalue weighted by Gasteiger charge is 2.31. The van der Waals surface area contributed by atoms with Gasteiger partial charge in [-0.3, -0.25) is 9.59 Å². The summed E-state index contributed by atoms with van der Waals surface area (Å²) in [6.07, 6.45) is 1.04. The normalized spacial score (nSPS) is 15.6. The summed E-state index contributed by atoms with van der Waals surface area (Å²) >= 11 is 6.11. The number of piperazine rings is 1. The van der Waals surface area contributed by atoms with Crippen LogP contribution in [0.25, 0.3) is 0 Å². The number of sulfone groups is 1. The van der Waals surface area contributed by atoms with Crippen molar-refractivity contribution in [3.63, 3.8) is 0 Å². The van der Waals surface area contributed by atoms with Crippen LogP contribution in [-0.4, -0.2) is 70.2 Å². The maximum absolute atomic E-state index is 12.9. The first-order valence-corrected chi connectivity index (χ1v) is 13.0. The van der Waals surface area contributed by atoms with Gasteiger partial charge in [0.05, 0.1) is 20.4 Å². The molecule has 2 aromatic carbocycles. The van der Waals surface area contributed by atoms with Gasteiger partial charge >= 0.3 is 0 Å². The molecule has 31 heavy (non-hydrogen) atoms. The molecule has 0 radical (unpaired) electrons. The Bertz CT molecular complexity index is 1250. The predicted octanol–water partition coefficient (Wildman–Crippen LogP) is 2.09. The van der Waals surface area contributed by atoms with Crippen LogP contribution in [0.2, 0.25) is 5.02 Å². The lowest BCUT2D eigenvalue weighted by Gasteiger charge is -2.34. The van der Waals surface area contributed by atoms with Gasteiger partial charge in [-0.2, -0.15) is 4.31 Å². The molecule has 0 aromatic heterocycles. The zero-order valence-corrected chi connectivity index (χ0v) is 19.3. The molecule has 2 aromatic rings. The molecule has 1 amide bonds. The van der Waals surface area contributed by atoms with Gasteiger partial charge < -0.3 is 4.90 Å². The summed E-state index contributed by atoms with van der Waals surface area (Å²) in [4.78, 5) is 25.9. The van der Waals surface area contributed by atoms with Gasteiger partial charge in [-0.25, -0.2) is 16.8 Å². The maximum Gasteiger partial charge on any atom is 0.255 e. The molecule has 0 bridgehead atoms. The molecule has 1 aliphatic heterocycles. The van der Waals surface area contributed by atoms with E-state index >= 15 is 0 Å². The highest BCUT2D eigenvalue weighted by Crippen LogP contribution is 2.24. The van der Waals surface area contributed by atoms with Crippen LogP contribution in [0.15, 0.2) is 52.3 Å². The Morgan fingerprint density at radius 1 is 0.903 bits per heavy atom. The number of amides is 1. The standard InChI is InChI=1S/C20H21ClN2O6S2/c1-14(24)15-4-3-5-17(12-15)31(28,29)23-10-8-22(9-11-23)20(25)18-13-16(30(2,26)27)6-7-19(18)21/h3-7,12-13H,8-11H2,1-2H3. The van der Waals surface area contributed by atoms with Crippen LogP contribution < -0.4 is 0 Å². The lowest BCUT2D eigenvalue weighted by Crippen LogP contribution is -2.50. The van der Waals surface area contributed by atoms with Crippen LogP contribution in [0.5, 0.6) is 0 Å². The molecule has 0 aliphatic carbocycles. The highest BCUT2D eigenvalue weighted by atomic mass is 35.5. The summed E-state index contributed by atoms with van der Waals surface area (Å²) in [5, 5.41) is 0.119. The Morgan fingerprint density at radius 3 is 2.13 bits per heavy atom. The van der Waals surface area contributed by atoms with Gasteiger partial charge in [-0.1, -0.05) is 23.7 Å². The second-order valence-electron chi connectivity index (χ2n) is 7.19. The number of ketones is 1. The fraction of sp³-hybridized carbons (Fsp3) is 0.300. The molecule has 11 heteroatoms. The van der Waals surface area contributed by atoms with E-state index in [4.69, 9.17) is 11.6 Å². The molecule has 8 nitrogen and oxygen atoms in total. The largest absolute Gasteiger partial charge is 0.336 e. The topological polar surface area (TPSA) is 109 Å². The van der Waals surface area contributed by atoms with Crippen LogP contribution in [0.1, 0.15) is 27.6 Å². The van der Waals surface area contributed by atoms with E-state index in [-0.39, 0.29) is 52.3 Å². The van der Waals surface area contributed by atoms with Crippen LogP contribution in [0.3, 0.4) is 0 Å². The molecule has 1 saturated heterocycles. The molecule has 166 valence electrons. The monoisotopic (exact) mass is 484 g/mol. The molecular weight excluding hydrogens is 464 g/mol. The van der Waals surface area contributed by atoms with Gasteiger partial charge in [-0.15, -0.1) is 0 Å². The second-order valence-corrected chi connectivity index (χ2v) is 11.6. The van der Waals surface area contributed by atoms with Gasteiger partial charge in [-0.05, 0) is 37.3 Å². The van der Waals surface area contributed by atoms with Crippen molar-refractivity contribution in [1.82, 2.24) is 9.21 Å². The molecule has 1 heterocycles. The van der Waals surface area contributed by atoms with Crippen LogP contribution in [0, 0.1) is 0 Å². The number of hydrogen-bond acceptors (Lipinski definition) is 6. The number of hydrogen-bond donors (Lipinski definition) is 0. The third kappa shape index (κ3) is 4.98. The van der Waals surface area contributed by atoms with Crippen LogP contribution in [-0.2, 0) is 19.9 Å². The van der Waals surface area contributed by atoms with Crippen molar-refractivity contribution in [1.29, 1.82) is 0 Å². The Morgan fingerprint density at radius 2 is 1.55 bits per heavy atom. The number of sulfonamides is 1. The van der Waals surface area contributed by atoms with Crippen molar-refractivity contribution in [3.8, 4) is 0 Å². The van der Waals surface area contributed by atoms with Gasteiger partial charge in [0.2, 0.25) is 10.0 Å². The number of carbonyl (C=O) groups is 2. The third-order valence-electron chi connectivity index (χ3n) is 5.00. The van der Waals surface area contributed by atoms with Crippen molar-refractivity contribution < 1.29 is 26.4 Å². The fourth-order valence-electron chi connectivity index (χ4n) is 3.23. The van der Waals surface area contributed by atoms with E-state index in [2.05, 4.69) is 0 Å². The van der Waals surface area contributed by atoms with Gasteiger partial charge in [0.15, 0.2) is 15.6 Å². The van der Waals surface area contributed by atoms with Gasteiger partial charge in [0, 0.05) is 38.0 Å². The number of Topliss-reactive ketones (excluding diaryl/α,β-unsaturated/α-hetero) is 1. The second kappa shape index (κ2) is 8.70. The number of halogens is 1. The average Bonchev–Trinajstić information content (AvgIpc) is 2.73. The first-order chi connectivity index (χ1) is 14.4. The Labute approximate surface area is 186 Å². The number of benzene rings is 2. The summed E-state index contributed by atoms with van der Waals surface area (Å²) in [5.41, 5.74) is 0.352. The lowest BCUT2D eigenvalue weighted by atomic mass is 10.2. The summed E-state index contributed by atoms with van der Waals surface area (Å²) in [6.45, 7) is 1.71. The number of carbonyl (C=O) groups excluding carboxylic acids is 2. The minimum atomic E-state index is -3.83. The van der Waals surface area contributed by atoms with Crippen molar-refractivity contribution in [2.45, 2.75) is 16.7 Å². The number of rotatable bonds is 5. The zero-order chi connectivity index (χ0) is 23.0. The molecule has 1 aliphatic rings. The molecule has 0 N–H and O–H groups in total. The third-order valence-corrected chi connectivity index (χ3v) is 8.34. The van der Waals surface area contributed by atoms with Crippen LogP contribution >= 0.6 is 11.6 Å². The fourth-order valence-corrected chi connectivity index (χ4v) is 5.54. The maximum atomic E-state index is 12.9. The molecule has 0 saturated carbocycles. The lowest BCUT2D eigenvalue weighted by molar-refractivity contribution is 0.0697. The Hall–Kier alpha value is -2.27. The summed E-state index contributed by atoms with van der Waals surface area (Å²) in [6, 6.07) is 9.74. The SMILES string of the molecule is CC(=O)c1cccc(S(=O)(=O)N2CCN(C(=O)c3cc(S(C)(=O)=O)ccc3Cl)CC2)c1. The highest BCUT2D eigenvalue weighted by molar-refractivity contribution is 7.90. The van der Waals surface area contributed by atoms with E-state index in [0.717, 1.165) is 6.26 Å². The van der Waals surface area contributed by atoms with E-state index < -0.39 is 25.8 Å². The Balaban J connectivity index is 1.77. The minimum absolute atomic E-state index is 0.0175. The van der Waals surface area contributed by atoms with Crippen molar-refractivity contribution >= 4 is 43.2 Å².